The van der Waals surface area contributed by atoms with Gasteiger partial charge in [-0.25, -0.2) is 4.39 Å². The van der Waals surface area contributed by atoms with Gasteiger partial charge in [0, 0.05) is 19.0 Å². The Hall–Kier alpha value is -1.42. The van der Waals surface area contributed by atoms with Crippen molar-refractivity contribution in [2.24, 2.45) is 0 Å². The van der Waals surface area contributed by atoms with Gasteiger partial charge in [-0.1, -0.05) is 12.1 Å². The number of hydrogen-bond acceptors (Lipinski definition) is 2. The SMILES string of the molecule is CC(CCC(=O)O)NCc1cccc(F)c1. The van der Waals surface area contributed by atoms with E-state index in [0.717, 1.165) is 5.56 Å². The Labute approximate surface area is 94.3 Å². The fraction of sp³-hybridized carbons (Fsp3) is 0.417. The molecule has 1 atom stereocenters. The number of halogens is 1. The van der Waals surface area contributed by atoms with Crippen LogP contribution in [0.1, 0.15) is 25.3 Å². The fourth-order valence-corrected chi connectivity index (χ4v) is 1.38. The van der Waals surface area contributed by atoms with Gasteiger partial charge >= 0.3 is 5.97 Å². The monoisotopic (exact) mass is 225 g/mol. The van der Waals surface area contributed by atoms with Gasteiger partial charge in [-0.05, 0) is 31.0 Å². The van der Waals surface area contributed by atoms with Crippen molar-refractivity contribution in [3.8, 4) is 0 Å². The molecule has 1 unspecified atom stereocenters. The summed E-state index contributed by atoms with van der Waals surface area (Å²) in [6.45, 7) is 2.47. The highest BCUT2D eigenvalue weighted by molar-refractivity contribution is 5.66. The molecule has 3 nitrogen and oxygen atoms in total. The summed E-state index contributed by atoms with van der Waals surface area (Å²) in [5.74, 6) is -1.04. The number of carboxylic acids is 1. The van der Waals surface area contributed by atoms with Gasteiger partial charge in [0.25, 0.3) is 0 Å². The van der Waals surface area contributed by atoms with Crippen LogP contribution in [0.2, 0.25) is 0 Å². The van der Waals surface area contributed by atoms with Gasteiger partial charge in [0.05, 0.1) is 0 Å². The molecule has 0 heterocycles. The van der Waals surface area contributed by atoms with E-state index >= 15 is 0 Å². The first-order valence-electron chi connectivity index (χ1n) is 5.27. The molecule has 1 rings (SSSR count). The van der Waals surface area contributed by atoms with Gasteiger partial charge in [0.2, 0.25) is 0 Å². The summed E-state index contributed by atoms with van der Waals surface area (Å²) in [7, 11) is 0. The summed E-state index contributed by atoms with van der Waals surface area (Å²) in [4.78, 5) is 10.3. The van der Waals surface area contributed by atoms with E-state index in [2.05, 4.69) is 5.32 Å². The number of benzene rings is 1. The van der Waals surface area contributed by atoms with Gasteiger partial charge in [-0.15, -0.1) is 0 Å². The first-order chi connectivity index (χ1) is 7.58. The Morgan fingerprint density at radius 2 is 2.31 bits per heavy atom. The maximum atomic E-state index is 12.8. The standard InChI is InChI=1S/C12H16FNO2/c1-9(5-6-12(15)16)14-8-10-3-2-4-11(13)7-10/h2-4,7,9,14H,5-6,8H2,1H3,(H,15,16). The summed E-state index contributed by atoms with van der Waals surface area (Å²) >= 11 is 0. The van der Waals surface area contributed by atoms with Gasteiger partial charge < -0.3 is 10.4 Å². The van der Waals surface area contributed by atoms with Crippen molar-refractivity contribution >= 4 is 5.97 Å². The minimum Gasteiger partial charge on any atom is -0.481 e. The third kappa shape index (κ3) is 4.89. The normalized spacial score (nSPS) is 12.4. The predicted molar refractivity (Wildman–Crippen MR) is 59.6 cm³/mol. The Kier molecular flexibility index (Phi) is 4.92. The molecule has 16 heavy (non-hydrogen) atoms. The Bertz CT molecular complexity index is 355. The third-order valence-electron chi connectivity index (χ3n) is 2.33. The number of rotatable bonds is 6. The number of carboxylic acid groups (broad SMARTS) is 1. The Morgan fingerprint density at radius 3 is 2.94 bits per heavy atom. The molecular weight excluding hydrogens is 209 g/mol. The van der Waals surface area contributed by atoms with Crippen LogP contribution in [0.25, 0.3) is 0 Å². The average molecular weight is 225 g/mol. The number of carbonyl (C=O) groups is 1. The van der Waals surface area contributed by atoms with Crippen LogP contribution in [0, 0.1) is 5.82 Å². The van der Waals surface area contributed by atoms with Gasteiger partial charge in [-0.2, -0.15) is 0 Å². The molecule has 0 fully saturated rings. The van der Waals surface area contributed by atoms with Crippen LogP contribution in [0.3, 0.4) is 0 Å². The minimum absolute atomic E-state index is 0.111. The topological polar surface area (TPSA) is 49.3 Å². The summed E-state index contributed by atoms with van der Waals surface area (Å²) in [6.07, 6.45) is 0.724. The second-order valence-electron chi connectivity index (χ2n) is 3.84. The van der Waals surface area contributed by atoms with E-state index in [-0.39, 0.29) is 18.3 Å². The lowest BCUT2D eigenvalue weighted by atomic mass is 10.1. The Balaban J connectivity index is 2.31. The van der Waals surface area contributed by atoms with Crippen molar-refractivity contribution in [3.05, 3.63) is 35.6 Å². The van der Waals surface area contributed by atoms with E-state index in [9.17, 15) is 9.18 Å². The van der Waals surface area contributed by atoms with Gasteiger partial charge in [-0.3, -0.25) is 4.79 Å². The highest BCUT2D eigenvalue weighted by Gasteiger charge is 2.04. The molecule has 0 aliphatic heterocycles. The molecule has 0 saturated heterocycles. The van der Waals surface area contributed by atoms with Crippen molar-refractivity contribution in [1.82, 2.24) is 5.32 Å². The molecule has 1 aromatic rings. The maximum absolute atomic E-state index is 12.8. The molecule has 88 valence electrons. The van der Waals surface area contributed by atoms with Crippen molar-refractivity contribution in [2.45, 2.75) is 32.4 Å². The van der Waals surface area contributed by atoms with Crippen LogP contribution in [-0.4, -0.2) is 17.1 Å². The quantitative estimate of drug-likeness (QED) is 0.780. The maximum Gasteiger partial charge on any atom is 0.303 e. The fourth-order valence-electron chi connectivity index (χ4n) is 1.38. The number of hydrogen-bond donors (Lipinski definition) is 2. The molecule has 0 aliphatic carbocycles. The first kappa shape index (κ1) is 12.6. The smallest absolute Gasteiger partial charge is 0.303 e. The third-order valence-corrected chi connectivity index (χ3v) is 2.33. The lowest BCUT2D eigenvalue weighted by molar-refractivity contribution is -0.137. The second-order valence-corrected chi connectivity index (χ2v) is 3.84. The molecular formula is C12H16FNO2. The molecule has 4 heteroatoms. The minimum atomic E-state index is -0.792. The van der Waals surface area contributed by atoms with E-state index in [1.54, 1.807) is 6.07 Å². The van der Waals surface area contributed by atoms with E-state index in [0.29, 0.717) is 13.0 Å². The molecule has 2 N–H and O–H groups in total. The van der Waals surface area contributed by atoms with Gasteiger partial charge in [0.15, 0.2) is 0 Å². The van der Waals surface area contributed by atoms with E-state index in [4.69, 9.17) is 5.11 Å². The molecule has 0 bridgehead atoms. The summed E-state index contributed by atoms with van der Waals surface area (Å²) in [6, 6.07) is 6.47. The van der Waals surface area contributed by atoms with Crippen molar-refractivity contribution in [3.63, 3.8) is 0 Å². The van der Waals surface area contributed by atoms with Crippen LogP contribution in [0.5, 0.6) is 0 Å². The second kappa shape index (κ2) is 6.23. The molecule has 0 aromatic heterocycles. The van der Waals surface area contributed by atoms with Crippen LogP contribution in [0.15, 0.2) is 24.3 Å². The zero-order chi connectivity index (χ0) is 12.0. The lowest BCUT2D eigenvalue weighted by Gasteiger charge is -2.12. The van der Waals surface area contributed by atoms with Crippen LogP contribution in [-0.2, 0) is 11.3 Å². The summed E-state index contributed by atoms with van der Waals surface area (Å²) in [5, 5.41) is 11.7. The van der Waals surface area contributed by atoms with Crippen molar-refractivity contribution in [2.75, 3.05) is 0 Å². The lowest BCUT2D eigenvalue weighted by Crippen LogP contribution is -2.26. The van der Waals surface area contributed by atoms with Crippen LogP contribution in [0.4, 0.5) is 4.39 Å². The molecule has 0 amide bonds. The van der Waals surface area contributed by atoms with Crippen molar-refractivity contribution < 1.29 is 14.3 Å². The van der Waals surface area contributed by atoms with Crippen molar-refractivity contribution in [1.29, 1.82) is 0 Å². The molecule has 1 aromatic carbocycles. The van der Waals surface area contributed by atoms with E-state index in [1.807, 2.05) is 13.0 Å². The molecule has 0 spiro atoms. The average Bonchev–Trinajstić information content (AvgIpc) is 2.23. The highest BCUT2D eigenvalue weighted by Crippen LogP contribution is 2.04. The number of nitrogens with one attached hydrogen (secondary N) is 1. The molecule has 0 radical (unpaired) electrons. The van der Waals surface area contributed by atoms with Crippen LogP contribution < -0.4 is 5.32 Å². The van der Waals surface area contributed by atoms with Crippen LogP contribution >= 0.6 is 0 Å². The zero-order valence-corrected chi connectivity index (χ0v) is 9.24. The van der Waals surface area contributed by atoms with E-state index in [1.165, 1.54) is 12.1 Å². The Morgan fingerprint density at radius 1 is 1.56 bits per heavy atom. The summed E-state index contributed by atoms with van der Waals surface area (Å²) < 4.78 is 12.8. The molecule has 0 saturated carbocycles. The predicted octanol–water partition coefficient (Wildman–Crippen LogP) is 2.17. The number of aliphatic carboxylic acids is 1. The zero-order valence-electron chi connectivity index (χ0n) is 9.24. The molecule has 0 aliphatic rings. The first-order valence-corrected chi connectivity index (χ1v) is 5.27. The summed E-state index contributed by atoms with van der Waals surface area (Å²) in [5.41, 5.74) is 0.863. The largest absolute Gasteiger partial charge is 0.481 e. The van der Waals surface area contributed by atoms with Gasteiger partial charge in [0.1, 0.15) is 5.82 Å². The highest BCUT2D eigenvalue weighted by atomic mass is 19.1. The van der Waals surface area contributed by atoms with E-state index < -0.39 is 5.97 Å².